The van der Waals surface area contributed by atoms with Crippen LogP contribution in [0.4, 0.5) is 5.69 Å². The van der Waals surface area contributed by atoms with Crippen LogP contribution in [0.15, 0.2) is 77.1 Å². The Hall–Kier alpha value is -2.90. The van der Waals surface area contributed by atoms with Crippen LogP contribution in [0.2, 0.25) is 0 Å². The largest absolute Gasteiger partial charge is 0.279 e. The van der Waals surface area contributed by atoms with Crippen molar-refractivity contribution in [1.82, 2.24) is 9.78 Å². The molecular formula is C22H21N3O2S2. The van der Waals surface area contributed by atoms with E-state index in [1.807, 2.05) is 73.8 Å². The third-order valence-electron chi connectivity index (χ3n) is 4.59. The number of thiophene rings is 1. The van der Waals surface area contributed by atoms with E-state index in [2.05, 4.69) is 9.82 Å². The van der Waals surface area contributed by atoms with Gasteiger partial charge in [-0.1, -0.05) is 54.1 Å². The van der Waals surface area contributed by atoms with Crippen LogP contribution >= 0.6 is 11.3 Å². The van der Waals surface area contributed by atoms with Crippen molar-refractivity contribution in [1.29, 1.82) is 0 Å². The van der Waals surface area contributed by atoms with Gasteiger partial charge in [0, 0.05) is 6.20 Å². The van der Waals surface area contributed by atoms with Crippen molar-refractivity contribution >= 4 is 27.0 Å². The zero-order valence-electron chi connectivity index (χ0n) is 16.2. The van der Waals surface area contributed by atoms with E-state index in [4.69, 9.17) is 0 Å². The molecule has 2 heterocycles. The summed E-state index contributed by atoms with van der Waals surface area (Å²) in [4.78, 5) is 0.994. The molecule has 0 aliphatic rings. The first kappa shape index (κ1) is 19.4. The van der Waals surface area contributed by atoms with Crippen LogP contribution in [-0.2, 0) is 16.6 Å². The number of aromatic nitrogens is 2. The summed E-state index contributed by atoms with van der Waals surface area (Å²) in [5.74, 6) is 0. The van der Waals surface area contributed by atoms with E-state index >= 15 is 0 Å². The monoisotopic (exact) mass is 423 g/mol. The van der Waals surface area contributed by atoms with Crippen molar-refractivity contribution < 1.29 is 8.42 Å². The molecule has 148 valence electrons. The molecule has 2 aromatic carbocycles. The van der Waals surface area contributed by atoms with Crippen LogP contribution in [0.3, 0.4) is 0 Å². The lowest BCUT2D eigenvalue weighted by molar-refractivity contribution is 0.601. The Morgan fingerprint density at radius 2 is 1.83 bits per heavy atom. The maximum atomic E-state index is 13.3. The van der Waals surface area contributed by atoms with E-state index in [1.54, 1.807) is 16.9 Å². The average molecular weight is 424 g/mol. The van der Waals surface area contributed by atoms with E-state index in [0.29, 0.717) is 17.9 Å². The van der Waals surface area contributed by atoms with Crippen molar-refractivity contribution in [3.8, 4) is 10.6 Å². The summed E-state index contributed by atoms with van der Waals surface area (Å²) in [6.07, 6.45) is 1.61. The van der Waals surface area contributed by atoms with Gasteiger partial charge in [0.2, 0.25) is 0 Å². The lowest BCUT2D eigenvalue weighted by atomic mass is 10.1. The second kappa shape index (κ2) is 7.85. The third-order valence-corrected chi connectivity index (χ3v) is 6.83. The standard InChI is InChI=1S/C22H21N3O2S2/c1-16-10-11-19(17(2)13-16)24-29(26,27)21-15-25(14-18-7-4-3-5-8-18)23-22(21)20-9-6-12-28-20/h3-13,15,24H,14H2,1-2H3. The Labute approximate surface area is 174 Å². The molecule has 0 saturated carbocycles. The number of hydrogen-bond acceptors (Lipinski definition) is 4. The maximum Gasteiger partial charge on any atom is 0.265 e. The first-order chi connectivity index (χ1) is 13.9. The summed E-state index contributed by atoms with van der Waals surface area (Å²) < 4.78 is 30.9. The zero-order valence-corrected chi connectivity index (χ0v) is 17.8. The minimum absolute atomic E-state index is 0.177. The van der Waals surface area contributed by atoms with Crippen LogP contribution in [0, 0.1) is 13.8 Å². The summed E-state index contributed by atoms with van der Waals surface area (Å²) in [7, 11) is -3.80. The molecule has 0 aliphatic heterocycles. The van der Waals surface area contributed by atoms with Crippen molar-refractivity contribution in [3.05, 3.63) is 88.9 Å². The molecule has 4 aromatic rings. The second-order valence-electron chi connectivity index (χ2n) is 6.93. The molecule has 7 heteroatoms. The van der Waals surface area contributed by atoms with Gasteiger partial charge >= 0.3 is 0 Å². The molecule has 1 N–H and O–H groups in total. The third kappa shape index (κ3) is 4.26. The van der Waals surface area contributed by atoms with Crippen LogP contribution in [0.5, 0.6) is 0 Å². The topological polar surface area (TPSA) is 64.0 Å². The molecule has 0 bridgehead atoms. The number of hydrogen-bond donors (Lipinski definition) is 1. The van der Waals surface area contributed by atoms with Gasteiger partial charge < -0.3 is 0 Å². The Balaban J connectivity index is 1.74. The van der Waals surface area contributed by atoms with E-state index in [1.165, 1.54) is 11.3 Å². The predicted molar refractivity (Wildman–Crippen MR) is 118 cm³/mol. The lowest BCUT2D eigenvalue weighted by Crippen LogP contribution is -2.14. The zero-order chi connectivity index (χ0) is 20.4. The van der Waals surface area contributed by atoms with Crippen molar-refractivity contribution in [2.75, 3.05) is 4.72 Å². The highest BCUT2D eigenvalue weighted by Crippen LogP contribution is 2.31. The normalized spacial score (nSPS) is 11.5. The fourth-order valence-electron chi connectivity index (χ4n) is 3.16. The van der Waals surface area contributed by atoms with Gasteiger partial charge in [-0.3, -0.25) is 9.40 Å². The van der Waals surface area contributed by atoms with Gasteiger partial charge in [0.1, 0.15) is 10.6 Å². The molecule has 2 aromatic heterocycles. The van der Waals surface area contributed by atoms with E-state index < -0.39 is 10.0 Å². The number of nitrogens with zero attached hydrogens (tertiary/aromatic N) is 2. The summed E-state index contributed by atoms with van der Waals surface area (Å²) in [6, 6.07) is 19.3. The van der Waals surface area contributed by atoms with Gasteiger partial charge in [-0.15, -0.1) is 11.3 Å². The lowest BCUT2D eigenvalue weighted by Gasteiger charge is -2.10. The number of rotatable bonds is 6. The van der Waals surface area contributed by atoms with Gasteiger partial charge in [0.15, 0.2) is 0 Å². The number of anilines is 1. The number of sulfonamides is 1. The maximum absolute atomic E-state index is 13.3. The molecule has 0 saturated heterocycles. The first-order valence-electron chi connectivity index (χ1n) is 9.18. The van der Waals surface area contributed by atoms with Gasteiger partial charge in [0.05, 0.1) is 17.1 Å². The number of benzene rings is 2. The summed E-state index contributed by atoms with van der Waals surface area (Å²) in [5.41, 5.74) is 4.05. The second-order valence-corrected chi connectivity index (χ2v) is 9.52. The Kier molecular flexibility index (Phi) is 5.25. The van der Waals surface area contributed by atoms with Crippen molar-refractivity contribution in [2.24, 2.45) is 0 Å². The van der Waals surface area contributed by atoms with Crippen LogP contribution in [-0.4, -0.2) is 18.2 Å². The van der Waals surface area contributed by atoms with Crippen molar-refractivity contribution in [3.63, 3.8) is 0 Å². The van der Waals surface area contributed by atoms with E-state index in [0.717, 1.165) is 21.6 Å². The molecule has 0 amide bonds. The molecule has 29 heavy (non-hydrogen) atoms. The predicted octanol–water partition coefficient (Wildman–Crippen LogP) is 5.08. The molecule has 0 atom stereocenters. The van der Waals surface area contributed by atoms with Gasteiger partial charge in [0.25, 0.3) is 10.0 Å². The molecule has 0 fully saturated rings. The van der Waals surface area contributed by atoms with Gasteiger partial charge in [-0.2, -0.15) is 5.10 Å². The molecule has 0 unspecified atom stereocenters. The average Bonchev–Trinajstić information content (AvgIpc) is 3.35. The van der Waals surface area contributed by atoms with E-state index in [-0.39, 0.29) is 4.90 Å². The first-order valence-corrected chi connectivity index (χ1v) is 11.5. The highest BCUT2D eigenvalue weighted by atomic mass is 32.2. The molecule has 0 aliphatic carbocycles. The SMILES string of the molecule is Cc1ccc(NS(=O)(=O)c2cn(Cc3ccccc3)nc2-c2cccs2)c(C)c1. The number of nitrogens with one attached hydrogen (secondary N) is 1. The molecule has 4 rings (SSSR count). The van der Waals surface area contributed by atoms with Gasteiger partial charge in [-0.05, 0) is 42.5 Å². The summed E-state index contributed by atoms with van der Waals surface area (Å²) in [5, 5.41) is 6.52. The molecule has 0 spiro atoms. The minimum atomic E-state index is -3.80. The minimum Gasteiger partial charge on any atom is -0.279 e. The fourth-order valence-corrected chi connectivity index (χ4v) is 5.25. The summed E-state index contributed by atoms with van der Waals surface area (Å²) in [6.45, 7) is 4.37. The van der Waals surface area contributed by atoms with Gasteiger partial charge in [-0.25, -0.2) is 8.42 Å². The summed E-state index contributed by atoms with van der Waals surface area (Å²) >= 11 is 1.47. The Morgan fingerprint density at radius 1 is 1.03 bits per heavy atom. The Morgan fingerprint density at radius 3 is 2.52 bits per heavy atom. The molecule has 5 nitrogen and oxygen atoms in total. The smallest absolute Gasteiger partial charge is 0.265 e. The molecule has 0 radical (unpaired) electrons. The van der Waals surface area contributed by atoms with Crippen LogP contribution in [0.25, 0.3) is 10.6 Å². The van der Waals surface area contributed by atoms with Crippen LogP contribution in [0.1, 0.15) is 16.7 Å². The highest BCUT2D eigenvalue weighted by molar-refractivity contribution is 7.92. The molecular weight excluding hydrogens is 402 g/mol. The fraction of sp³-hybridized carbons (Fsp3) is 0.136. The van der Waals surface area contributed by atoms with E-state index in [9.17, 15) is 8.42 Å². The quantitative estimate of drug-likeness (QED) is 0.470. The van der Waals surface area contributed by atoms with Crippen LogP contribution < -0.4 is 4.72 Å². The number of aryl methyl sites for hydroxylation is 2. The van der Waals surface area contributed by atoms with Crippen molar-refractivity contribution in [2.45, 2.75) is 25.3 Å². The Bertz CT molecular complexity index is 1230. The highest BCUT2D eigenvalue weighted by Gasteiger charge is 2.25.